The fraction of sp³-hybridized carbons (Fsp3) is 0.231. The topological polar surface area (TPSA) is 73.1 Å². The third kappa shape index (κ3) is 2.86. The maximum Gasteiger partial charge on any atom is 0.233 e. The molecule has 2 aromatic rings. The van der Waals surface area contributed by atoms with Crippen molar-refractivity contribution in [2.24, 2.45) is 5.84 Å². The Hall–Kier alpha value is -2.05. The number of nitrogens with zero attached hydrogens (tertiary/aromatic N) is 2. The van der Waals surface area contributed by atoms with Crippen LogP contribution in [0.25, 0.3) is 0 Å². The molecule has 1 heterocycles. The van der Waals surface area contributed by atoms with Crippen molar-refractivity contribution in [1.82, 2.24) is 15.6 Å². The van der Waals surface area contributed by atoms with Gasteiger partial charge in [-0.3, -0.25) is 5.84 Å². The molecule has 19 heavy (non-hydrogen) atoms. The first kappa shape index (κ1) is 13.4. The van der Waals surface area contributed by atoms with E-state index in [2.05, 4.69) is 15.6 Å². The molecule has 1 aromatic heterocycles. The van der Waals surface area contributed by atoms with Crippen molar-refractivity contribution in [3.63, 3.8) is 0 Å². The molecule has 100 valence electrons. The van der Waals surface area contributed by atoms with E-state index in [1.807, 2.05) is 0 Å². The van der Waals surface area contributed by atoms with Crippen molar-refractivity contribution >= 4 is 0 Å². The molecule has 0 aliphatic carbocycles. The van der Waals surface area contributed by atoms with Crippen molar-refractivity contribution in [2.75, 3.05) is 7.11 Å². The minimum atomic E-state index is -0.349. The number of hydrogen-bond acceptors (Lipinski definition) is 5. The summed E-state index contributed by atoms with van der Waals surface area (Å²) in [4.78, 5) is 0. The second-order valence-corrected chi connectivity index (χ2v) is 4.11. The lowest BCUT2D eigenvalue weighted by molar-refractivity contribution is 0.390. The minimum Gasteiger partial charge on any atom is -0.480 e. The SMILES string of the molecule is COc1ccc(C(NN)c2ccc(F)c(C)c2)nn1. The number of rotatable bonds is 4. The Labute approximate surface area is 110 Å². The van der Waals surface area contributed by atoms with E-state index in [0.717, 1.165) is 5.56 Å². The molecule has 0 saturated carbocycles. The molecule has 0 aliphatic rings. The zero-order valence-corrected chi connectivity index (χ0v) is 10.7. The number of aromatic nitrogens is 2. The van der Waals surface area contributed by atoms with E-state index in [1.54, 1.807) is 31.2 Å². The highest BCUT2D eigenvalue weighted by molar-refractivity contribution is 5.31. The smallest absolute Gasteiger partial charge is 0.233 e. The van der Waals surface area contributed by atoms with E-state index in [1.165, 1.54) is 13.2 Å². The molecule has 0 bridgehead atoms. The Morgan fingerprint density at radius 3 is 2.58 bits per heavy atom. The van der Waals surface area contributed by atoms with Gasteiger partial charge < -0.3 is 4.74 Å². The van der Waals surface area contributed by atoms with Crippen LogP contribution in [0.2, 0.25) is 0 Å². The Morgan fingerprint density at radius 1 is 1.26 bits per heavy atom. The summed E-state index contributed by atoms with van der Waals surface area (Å²) < 4.78 is 18.2. The van der Waals surface area contributed by atoms with Gasteiger partial charge in [0.2, 0.25) is 5.88 Å². The van der Waals surface area contributed by atoms with Crippen LogP contribution < -0.4 is 16.0 Å². The van der Waals surface area contributed by atoms with Crippen molar-refractivity contribution in [1.29, 1.82) is 0 Å². The van der Waals surface area contributed by atoms with Crippen molar-refractivity contribution in [3.05, 3.63) is 53.0 Å². The van der Waals surface area contributed by atoms with Gasteiger partial charge in [0.1, 0.15) is 5.82 Å². The maximum atomic E-state index is 13.3. The van der Waals surface area contributed by atoms with Gasteiger partial charge in [-0.2, -0.15) is 0 Å². The Balaban J connectivity index is 2.34. The van der Waals surface area contributed by atoms with Gasteiger partial charge in [-0.05, 0) is 30.2 Å². The molecule has 1 unspecified atom stereocenters. The monoisotopic (exact) mass is 262 g/mol. The van der Waals surface area contributed by atoms with Gasteiger partial charge in [-0.1, -0.05) is 12.1 Å². The predicted octanol–water partition coefficient (Wildman–Crippen LogP) is 1.49. The predicted molar refractivity (Wildman–Crippen MR) is 68.9 cm³/mol. The first-order valence-corrected chi connectivity index (χ1v) is 5.75. The fourth-order valence-corrected chi connectivity index (χ4v) is 1.79. The zero-order chi connectivity index (χ0) is 13.8. The van der Waals surface area contributed by atoms with Crippen LogP contribution in [0.1, 0.15) is 22.9 Å². The van der Waals surface area contributed by atoms with Crippen molar-refractivity contribution in [2.45, 2.75) is 13.0 Å². The molecule has 0 fully saturated rings. The number of hydrazine groups is 1. The van der Waals surface area contributed by atoms with Crippen LogP contribution in [-0.4, -0.2) is 17.3 Å². The van der Waals surface area contributed by atoms with Crippen LogP contribution in [0, 0.1) is 12.7 Å². The van der Waals surface area contributed by atoms with Gasteiger partial charge in [-0.15, -0.1) is 10.2 Å². The van der Waals surface area contributed by atoms with Crippen molar-refractivity contribution in [3.8, 4) is 5.88 Å². The van der Waals surface area contributed by atoms with Crippen molar-refractivity contribution < 1.29 is 9.13 Å². The van der Waals surface area contributed by atoms with Crippen LogP contribution in [0.5, 0.6) is 5.88 Å². The maximum absolute atomic E-state index is 13.3. The molecule has 6 heteroatoms. The number of hydrogen-bond donors (Lipinski definition) is 2. The lowest BCUT2D eigenvalue weighted by atomic mass is 10.0. The molecular formula is C13H15FN4O. The number of aryl methyl sites for hydroxylation is 1. The number of nitrogens with one attached hydrogen (secondary N) is 1. The van der Waals surface area contributed by atoms with Crippen LogP contribution in [0.15, 0.2) is 30.3 Å². The molecule has 1 aromatic carbocycles. The molecule has 1 atom stereocenters. The summed E-state index contributed by atoms with van der Waals surface area (Å²) in [6.45, 7) is 1.70. The molecule has 0 spiro atoms. The number of methoxy groups -OCH3 is 1. The minimum absolute atomic E-state index is 0.250. The summed E-state index contributed by atoms with van der Waals surface area (Å²) >= 11 is 0. The van der Waals surface area contributed by atoms with E-state index >= 15 is 0 Å². The Kier molecular flexibility index (Phi) is 4.03. The van der Waals surface area contributed by atoms with Crippen LogP contribution >= 0.6 is 0 Å². The standard InChI is InChI=1S/C13H15FN4O/c1-8-7-9(3-4-10(8)14)13(16-15)11-5-6-12(19-2)18-17-11/h3-7,13,16H,15H2,1-2H3. The lowest BCUT2D eigenvalue weighted by Gasteiger charge is -2.16. The number of benzene rings is 1. The third-order valence-corrected chi connectivity index (χ3v) is 2.85. The molecule has 3 N–H and O–H groups in total. The van der Waals surface area contributed by atoms with Gasteiger partial charge in [0.15, 0.2) is 0 Å². The average molecular weight is 262 g/mol. The highest BCUT2D eigenvalue weighted by atomic mass is 19.1. The summed E-state index contributed by atoms with van der Waals surface area (Å²) in [6.07, 6.45) is 0. The first-order chi connectivity index (χ1) is 9.15. The lowest BCUT2D eigenvalue weighted by Crippen LogP contribution is -2.29. The second-order valence-electron chi connectivity index (χ2n) is 4.11. The largest absolute Gasteiger partial charge is 0.480 e. The first-order valence-electron chi connectivity index (χ1n) is 5.75. The molecule has 0 saturated heterocycles. The quantitative estimate of drug-likeness (QED) is 0.645. The third-order valence-electron chi connectivity index (χ3n) is 2.85. The molecule has 0 aliphatic heterocycles. The summed E-state index contributed by atoms with van der Waals surface area (Å²) in [5.41, 5.74) is 4.66. The second kappa shape index (κ2) is 5.73. The summed E-state index contributed by atoms with van der Waals surface area (Å²) in [7, 11) is 1.52. The highest BCUT2D eigenvalue weighted by Crippen LogP contribution is 2.22. The Bertz CT molecular complexity index is 559. The molecule has 0 radical (unpaired) electrons. The molecular weight excluding hydrogens is 247 g/mol. The normalized spacial score (nSPS) is 12.2. The number of ether oxygens (including phenoxy) is 1. The number of halogens is 1. The molecule has 5 nitrogen and oxygen atoms in total. The Morgan fingerprint density at radius 2 is 2.05 bits per heavy atom. The summed E-state index contributed by atoms with van der Waals surface area (Å²) in [5, 5.41) is 7.93. The average Bonchev–Trinajstić information content (AvgIpc) is 2.44. The zero-order valence-electron chi connectivity index (χ0n) is 10.7. The summed E-state index contributed by atoms with van der Waals surface area (Å²) in [6, 6.07) is 7.91. The fourth-order valence-electron chi connectivity index (χ4n) is 1.79. The van der Waals surface area contributed by atoms with Gasteiger partial charge in [-0.25, -0.2) is 9.82 Å². The number of nitrogens with two attached hydrogens (primary N) is 1. The highest BCUT2D eigenvalue weighted by Gasteiger charge is 2.15. The van der Waals surface area contributed by atoms with E-state index in [9.17, 15) is 4.39 Å². The van der Waals surface area contributed by atoms with Gasteiger partial charge >= 0.3 is 0 Å². The van der Waals surface area contributed by atoms with Crippen LogP contribution in [0.4, 0.5) is 4.39 Å². The van der Waals surface area contributed by atoms with Gasteiger partial charge in [0.25, 0.3) is 0 Å². The van der Waals surface area contributed by atoms with E-state index in [4.69, 9.17) is 10.6 Å². The summed E-state index contributed by atoms with van der Waals surface area (Å²) in [5.74, 6) is 5.73. The van der Waals surface area contributed by atoms with Gasteiger partial charge in [0.05, 0.1) is 18.8 Å². The molecule has 0 amide bonds. The van der Waals surface area contributed by atoms with Gasteiger partial charge in [0, 0.05) is 6.07 Å². The van der Waals surface area contributed by atoms with Crippen LogP contribution in [-0.2, 0) is 0 Å². The van der Waals surface area contributed by atoms with E-state index < -0.39 is 0 Å². The molecule has 2 rings (SSSR count). The van der Waals surface area contributed by atoms with E-state index in [-0.39, 0.29) is 11.9 Å². The van der Waals surface area contributed by atoms with Crippen LogP contribution in [0.3, 0.4) is 0 Å². The van der Waals surface area contributed by atoms with E-state index in [0.29, 0.717) is 17.1 Å².